The average Bonchev–Trinajstić information content (AvgIpc) is 2.61. The maximum Gasteiger partial charge on any atom is 0.261 e. The number of aryl methyl sites for hydroxylation is 1. The van der Waals surface area contributed by atoms with Crippen LogP contribution in [-0.4, -0.2) is 20.2 Å². The van der Waals surface area contributed by atoms with E-state index in [0.717, 1.165) is 17.1 Å². The molecule has 7 heteroatoms. The molecule has 0 radical (unpaired) electrons. The van der Waals surface area contributed by atoms with Crippen molar-refractivity contribution in [3.63, 3.8) is 0 Å². The van der Waals surface area contributed by atoms with Gasteiger partial charge in [-0.1, -0.05) is 0 Å². The van der Waals surface area contributed by atoms with Crippen LogP contribution in [-0.2, 0) is 18.6 Å². The molecule has 0 aliphatic carbocycles. The maximum absolute atomic E-state index is 11.6. The van der Waals surface area contributed by atoms with Crippen molar-refractivity contribution in [2.45, 2.75) is 18.7 Å². The number of benzene rings is 1. The Bertz CT molecular complexity index is 703. The highest BCUT2D eigenvalue weighted by Gasteiger charge is 2.27. The van der Waals surface area contributed by atoms with Gasteiger partial charge in [0.05, 0.1) is 10.6 Å². The number of imide groups is 1. The molecule has 19 heavy (non-hydrogen) atoms. The van der Waals surface area contributed by atoms with Crippen molar-refractivity contribution in [2.75, 3.05) is 4.90 Å². The van der Waals surface area contributed by atoms with Gasteiger partial charge in [-0.3, -0.25) is 9.59 Å². The minimum absolute atomic E-state index is 0.100. The Morgan fingerprint density at radius 2 is 1.58 bits per heavy atom. The van der Waals surface area contributed by atoms with Crippen LogP contribution in [0, 0.1) is 13.8 Å². The lowest BCUT2D eigenvalue weighted by atomic mass is 10.1. The summed E-state index contributed by atoms with van der Waals surface area (Å²) in [6.45, 7) is 3.29. The van der Waals surface area contributed by atoms with Gasteiger partial charge < -0.3 is 0 Å². The van der Waals surface area contributed by atoms with E-state index >= 15 is 0 Å². The largest absolute Gasteiger partial charge is 0.269 e. The van der Waals surface area contributed by atoms with Crippen molar-refractivity contribution in [1.29, 1.82) is 0 Å². The highest BCUT2D eigenvalue weighted by atomic mass is 35.7. The number of carbonyl (C=O) groups excluding carboxylic acids is 2. The first-order chi connectivity index (χ1) is 8.71. The summed E-state index contributed by atoms with van der Waals surface area (Å²) in [6, 6.07) is 2.80. The van der Waals surface area contributed by atoms with E-state index in [1.807, 2.05) is 0 Å². The molecule has 1 aliphatic rings. The zero-order valence-electron chi connectivity index (χ0n) is 10.2. The number of halogens is 1. The molecule has 2 amide bonds. The molecule has 0 N–H and O–H groups in total. The Balaban J connectivity index is 2.65. The lowest BCUT2D eigenvalue weighted by Crippen LogP contribution is -2.29. The van der Waals surface area contributed by atoms with Crippen LogP contribution in [0.4, 0.5) is 5.69 Å². The molecule has 1 aromatic carbocycles. The molecule has 0 saturated heterocycles. The maximum atomic E-state index is 11.6. The molecule has 0 aromatic heterocycles. The molecule has 0 atom stereocenters. The van der Waals surface area contributed by atoms with Crippen LogP contribution in [0.15, 0.2) is 29.2 Å². The van der Waals surface area contributed by atoms with Crippen LogP contribution >= 0.6 is 10.7 Å². The molecular weight excluding hydrogens is 290 g/mol. The third kappa shape index (κ3) is 2.41. The van der Waals surface area contributed by atoms with Crippen LogP contribution in [0.3, 0.4) is 0 Å². The number of carbonyl (C=O) groups is 2. The first-order valence-electron chi connectivity index (χ1n) is 5.34. The number of nitrogens with zero attached hydrogens (tertiary/aromatic N) is 1. The summed E-state index contributed by atoms with van der Waals surface area (Å²) in [4.78, 5) is 24.0. The monoisotopic (exact) mass is 299 g/mol. The second-order valence-corrected chi connectivity index (χ2v) is 6.70. The highest BCUT2D eigenvalue weighted by Crippen LogP contribution is 2.29. The summed E-state index contributed by atoms with van der Waals surface area (Å²) in [5.74, 6) is -1.02. The van der Waals surface area contributed by atoms with Crippen molar-refractivity contribution >= 4 is 37.2 Å². The van der Waals surface area contributed by atoms with Gasteiger partial charge in [0, 0.05) is 22.8 Å². The summed E-state index contributed by atoms with van der Waals surface area (Å²) >= 11 is 0. The van der Waals surface area contributed by atoms with Gasteiger partial charge in [-0.2, -0.15) is 0 Å². The van der Waals surface area contributed by atoms with Gasteiger partial charge in [-0.15, -0.1) is 0 Å². The van der Waals surface area contributed by atoms with E-state index in [-0.39, 0.29) is 10.6 Å². The quantitative estimate of drug-likeness (QED) is 0.615. The molecular formula is C12H10ClNO4S. The molecule has 2 rings (SSSR count). The van der Waals surface area contributed by atoms with Crippen molar-refractivity contribution in [2.24, 2.45) is 0 Å². The van der Waals surface area contributed by atoms with Crippen molar-refractivity contribution in [3.05, 3.63) is 35.4 Å². The predicted molar refractivity (Wildman–Crippen MR) is 70.6 cm³/mol. The number of hydrogen-bond donors (Lipinski definition) is 0. The molecule has 5 nitrogen and oxygen atoms in total. The van der Waals surface area contributed by atoms with Gasteiger partial charge in [-0.05, 0) is 37.1 Å². The standard InChI is InChI=1S/C12H10ClNO4S/c1-7-5-9(14-11(15)3-4-12(14)16)6-10(8(7)2)19(13,17)18/h3-6H,1-2H3. The summed E-state index contributed by atoms with van der Waals surface area (Å²) < 4.78 is 23.0. The summed E-state index contributed by atoms with van der Waals surface area (Å²) in [6.07, 6.45) is 2.26. The molecule has 100 valence electrons. The smallest absolute Gasteiger partial charge is 0.261 e. The SMILES string of the molecule is Cc1cc(N2C(=O)C=CC2=O)cc(S(=O)(=O)Cl)c1C. The van der Waals surface area contributed by atoms with E-state index < -0.39 is 20.9 Å². The molecule has 0 bridgehead atoms. The Morgan fingerprint density at radius 1 is 1.05 bits per heavy atom. The molecule has 1 aromatic rings. The van der Waals surface area contributed by atoms with Gasteiger partial charge >= 0.3 is 0 Å². The predicted octanol–water partition coefficient (Wildman–Crippen LogP) is 1.66. The average molecular weight is 300 g/mol. The zero-order valence-corrected chi connectivity index (χ0v) is 11.7. The first-order valence-corrected chi connectivity index (χ1v) is 7.65. The van der Waals surface area contributed by atoms with E-state index in [1.54, 1.807) is 19.9 Å². The van der Waals surface area contributed by atoms with Gasteiger partial charge in [0.1, 0.15) is 0 Å². The normalized spacial score (nSPS) is 15.4. The molecule has 0 fully saturated rings. The number of amides is 2. The third-order valence-electron chi connectivity index (χ3n) is 2.93. The topological polar surface area (TPSA) is 71.5 Å². The lowest BCUT2D eigenvalue weighted by molar-refractivity contribution is -0.119. The van der Waals surface area contributed by atoms with Crippen LogP contribution in [0.2, 0.25) is 0 Å². The van der Waals surface area contributed by atoms with E-state index in [2.05, 4.69) is 0 Å². The number of hydrogen-bond acceptors (Lipinski definition) is 4. The summed E-state index contributed by atoms with van der Waals surface area (Å²) in [5.41, 5.74) is 1.32. The lowest BCUT2D eigenvalue weighted by Gasteiger charge is -2.17. The molecule has 0 spiro atoms. The second-order valence-electron chi connectivity index (χ2n) is 4.17. The Labute approximate surface area is 114 Å². The molecule has 0 saturated carbocycles. The van der Waals surface area contributed by atoms with Gasteiger partial charge in [0.15, 0.2) is 0 Å². The van der Waals surface area contributed by atoms with Crippen LogP contribution in [0.1, 0.15) is 11.1 Å². The fourth-order valence-corrected chi connectivity index (χ4v) is 3.11. The van der Waals surface area contributed by atoms with E-state index in [9.17, 15) is 18.0 Å². The summed E-state index contributed by atoms with van der Waals surface area (Å²) in [5, 5.41) is 0. The van der Waals surface area contributed by atoms with E-state index in [0.29, 0.717) is 11.1 Å². The van der Waals surface area contributed by atoms with E-state index in [1.165, 1.54) is 6.07 Å². The van der Waals surface area contributed by atoms with Crippen molar-refractivity contribution in [3.8, 4) is 0 Å². The van der Waals surface area contributed by atoms with Crippen molar-refractivity contribution < 1.29 is 18.0 Å². The van der Waals surface area contributed by atoms with Crippen molar-refractivity contribution in [1.82, 2.24) is 0 Å². The Morgan fingerprint density at radius 3 is 2.05 bits per heavy atom. The van der Waals surface area contributed by atoms with Gasteiger partial charge in [-0.25, -0.2) is 13.3 Å². The Hall–Kier alpha value is -1.66. The zero-order chi connectivity index (χ0) is 14.4. The summed E-state index contributed by atoms with van der Waals surface area (Å²) in [7, 11) is 1.42. The fourth-order valence-electron chi connectivity index (χ4n) is 1.85. The minimum atomic E-state index is -3.94. The van der Waals surface area contributed by atoms with Crippen LogP contribution in [0.25, 0.3) is 0 Å². The first kappa shape index (κ1) is 13.8. The fraction of sp³-hybridized carbons (Fsp3) is 0.167. The highest BCUT2D eigenvalue weighted by molar-refractivity contribution is 8.13. The third-order valence-corrected chi connectivity index (χ3v) is 4.38. The second kappa shape index (κ2) is 4.47. The Kier molecular flexibility index (Phi) is 3.24. The minimum Gasteiger partial charge on any atom is -0.269 e. The molecule has 1 aliphatic heterocycles. The van der Waals surface area contributed by atoms with Gasteiger partial charge in [0.2, 0.25) is 0 Å². The molecule has 0 unspecified atom stereocenters. The van der Waals surface area contributed by atoms with Crippen LogP contribution in [0.5, 0.6) is 0 Å². The van der Waals surface area contributed by atoms with E-state index in [4.69, 9.17) is 10.7 Å². The number of anilines is 1. The van der Waals surface area contributed by atoms with Crippen LogP contribution < -0.4 is 4.90 Å². The number of rotatable bonds is 2. The molecule has 1 heterocycles. The van der Waals surface area contributed by atoms with Gasteiger partial charge in [0.25, 0.3) is 20.9 Å².